The second-order valence-electron chi connectivity index (χ2n) is 5.70. The average molecular weight is 313 g/mol. The van der Waals surface area contributed by atoms with E-state index in [1.54, 1.807) is 25.4 Å². The fraction of sp³-hybridized carbons (Fsp3) is 0.333. The van der Waals surface area contributed by atoms with Crippen LogP contribution in [-0.2, 0) is 6.54 Å². The number of amides is 1. The Morgan fingerprint density at radius 1 is 1.22 bits per heavy atom. The van der Waals surface area contributed by atoms with E-state index in [1.165, 1.54) is 0 Å². The second-order valence-corrected chi connectivity index (χ2v) is 5.70. The first-order valence-corrected chi connectivity index (χ1v) is 7.70. The number of nitrogens with zero attached hydrogens (tertiary/aromatic N) is 1. The molecule has 1 amide bonds. The van der Waals surface area contributed by atoms with Gasteiger partial charge in [0, 0.05) is 24.8 Å². The predicted octanol–water partition coefficient (Wildman–Crippen LogP) is 3.09. The minimum atomic E-state index is -0.0949. The van der Waals surface area contributed by atoms with E-state index in [0.29, 0.717) is 24.6 Å². The monoisotopic (exact) mass is 313 g/mol. The maximum absolute atomic E-state index is 11.9. The molecular weight excluding hydrogens is 290 g/mol. The van der Waals surface area contributed by atoms with Crippen LogP contribution in [0.3, 0.4) is 0 Å². The smallest absolute Gasteiger partial charge is 0.252 e. The summed E-state index contributed by atoms with van der Waals surface area (Å²) in [7, 11) is 1.65. The number of rotatable bonds is 7. The number of aromatic nitrogens is 1. The molecule has 0 atom stereocenters. The molecule has 2 rings (SSSR count). The Bertz CT molecular complexity index is 639. The van der Waals surface area contributed by atoms with Crippen LogP contribution in [0.5, 0.6) is 5.75 Å². The summed E-state index contributed by atoms with van der Waals surface area (Å²) in [6, 6.07) is 11.4. The van der Waals surface area contributed by atoms with Crippen molar-refractivity contribution in [2.24, 2.45) is 5.92 Å². The molecule has 0 aliphatic carbocycles. The number of hydrogen-bond acceptors (Lipinski definition) is 4. The highest BCUT2D eigenvalue weighted by Gasteiger charge is 2.07. The molecule has 5 nitrogen and oxygen atoms in total. The van der Waals surface area contributed by atoms with Gasteiger partial charge in [0.15, 0.2) is 0 Å². The lowest BCUT2D eigenvalue weighted by molar-refractivity contribution is 0.0948. The standard InChI is InChI=1S/C18H23N3O2/c1-13(2)10-21-18(22)15-8-9-17(20-12-15)19-11-14-6-4-5-7-16(14)23-3/h4-9,12-13H,10-11H2,1-3H3,(H,19,20)(H,21,22). The third-order valence-corrected chi connectivity index (χ3v) is 3.35. The van der Waals surface area contributed by atoms with Crippen molar-refractivity contribution in [3.63, 3.8) is 0 Å². The topological polar surface area (TPSA) is 63.2 Å². The van der Waals surface area contributed by atoms with E-state index in [9.17, 15) is 4.79 Å². The predicted molar refractivity (Wildman–Crippen MR) is 91.7 cm³/mol. The number of hydrogen-bond donors (Lipinski definition) is 2. The third-order valence-electron chi connectivity index (χ3n) is 3.35. The molecule has 122 valence electrons. The zero-order valence-electron chi connectivity index (χ0n) is 13.8. The van der Waals surface area contributed by atoms with Gasteiger partial charge in [-0.15, -0.1) is 0 Å². The summed E-state index contributed by atoms with van der Waals surface area (Å²) in [5, 5.41) is 6.10. The van der Waals surface area contributed by atoms with Gasteiger partial charge in [-0.2, -0.15) is 0 Å². The molecule has 0 saturated carbocycles. The first-order valence-electron chi connectivity index (χ1n) is 7.70. The fourth-order valence-electron chi connectivity index (χ4n) is 2.07. The highest BCUT2D eigenvalue weighted by atomic mass is 16.5. The molecule has 1 aromatic carbocycles. The zero-order valence-corrected chi connectivity index (χ0v) is 13.8. The van der Waals surface area contributed by atoms with Gasteiger partial charge in [0.05, 0.1) is 12.7 Å². The van der Waals surface area contributed by atoms with Crippen molar-refractivity contribution in [1.82, 2.24) is 10.3 Å². The van der Waals surface area contributed by atoms with Crippen molar-refractivity contribution in [2.75, 3.05) is 19.0 Å². The van der Waals surface area contributed by atoms with Gasteiger partial charge < -0.3 is 15.4 Å². The Hall–Kier alpha value is -2.56. The van der Waals surface area contributed by atoms with Crippen molar-refractivity contribution >= 4 is 11.7 Å². The number of carbonyl (C=O) groups excluding carboxylic acids is 1. The molecule has 2 aromatic rings. The van der Waals surface area contributed by atoms with Crippen LogP contribution in [0.2, 0.25) is 0 Å². The zero-order chi connectivity index (χ0) is 16.7. The van der Waals surface area contributed by atoms with Crippen molar-refractivity contribution in [3.8, 4) is 5.75 Å². The molecule has 0 saturated heterocycles. The lowest BCUT2D eigenvalue weighted by Crippen LogP contribution is -2.27. The van der Waals surface area contributed by atoms with Crippen LogP contribution in [0.4, 0.5) is 5.82 Å². The molecule has 0 aliphatic rings. The number of methoxy groups -OCH3 is 1. The Morgan fingerprint density at radius 2 is 2.00 bits per heavy atom. The van der Waals surface area contributed by atoms with Crippen molar-refractivity contribution in [1.29, 1.82) is 0 Å². The van der Waals surface area contributed by atoms with E-state index in [4.69, 9.17) is 4.74 Å². The Labute approximate surface area is 137 Å². The summed E-state index contributed by atoms with van der Waals surface area (Å²) >= 11 is 0. The van der Waals surface area contributed by atoms with Crippen LogP contribution in [-0.4, -0.2) is 24.5 Å². The first kappa shape index (κ1) is 16.8. The Balaban J connectivity index is 1.93. The molecule has 23 heavy (non-hydrogen) atoms. The van der Waals surface area contributed by atoms with Gasteiger partial charge in [-0.05, 0) is 24.1 Å². The van der Waals surface area contributed by atoms with E-state index in [2.05, 4.69) is 29.5 Å². The number of ether oxygens (including phenoxy) is 1. The number of carbonyl (C=O) groups is 1. The summed E-state index contributed by atoms with van der Waals surface area (Å²) in [5.74, 6) is 1.89. The largest absolute Gasteiger partial charge is 0.496 e. The minimum absolute atomic E-state index is 0.0949. The van der Waals surface area contributed by atoms with E-state index in [-0.39, 0.29) is 5.91 Å². The molecule has 0 aliphatic heterocycles. The summed E-state index contributed by atoms with van der Waals surface area (Å²) in [6.07, 6.45) is 1.58. The molecule has 0 radical (unpaired) electrons. The quantitative estimate of drug-likeness (QED) is 0.824. The summed E-state index contributed by atoms with van der Waals surface area (Å²) in [5.41, 5.74) is 1.61. The first-order chi connectivity index (χ1) is 11.1. The number of pyridine rings is 1. The molecule has 1 heterocycles. The van der Waals surface area contributed by atoms with Crippen molar-refractivity contribution < 1.29 is 9.53 Å². The molecule has 1 aromatic heterocycles. The molecule has 0 fully saturated rings. The maximum atomic E-state index is 11.9. The van der Waals surface area contributed by atoms with Crippen molar-refractivity contribution in [3.05, 3.63) is 53.7 Å². The molecule has 5 heteroatoms. The van der Waals surface area contributed by atoms with Gasteiger partial charge in [0.1, 0.15) is 11.6 Å². The number of benzene rings is 1. The van der Waals surface area contributed by atoms with Gasteiger partial charge in [-0.1, -0.05) is 32.0 Å². The van der Waals surface area contributed by atoms with Crippen LogP contribution in [0.1, 0.15) is 29.8 Å². The van der Waals surface area contributed by atoms with Crippen LogP contribution >= 0.6 is 0 Å². The summed E-state index contributed by atoms with van der Waals surface area (Å²) < 4.78 is 5.32. The second kappa shape index (κ2) is 8.17. The Morgan fingerprint density at radius 3 is 2.65 bits per heavy atom. The van der Waals surface area contributed by atoms with Gasteiger partial charge in [-0.3, -0.25) is 4.79 Å². The van der Waals surface area contributed by atoms with E-state index in [0.717, 1.165) is 17.1 Å². The van der Waals surface area contributed by atoms with Crippen LogP contribution in [0.15, 0.2) is 42.6 Å². The molecular formula is C18H23N3O2. The highest BCUT2D eigenvalue weighted by Crippen LogP contribution is 2.18. The molecule has 2 N–H and O–H groups in total. The number of para-hydroxylation sites is 1. The highest BCUT2D eigenvalue weighted by molar-refractivity contribution is 5.94. The third kappa shape index (κ3) is 4.98. The van der Waals surface area contributed by atoms with Crippen molar-refractivity contribution in [2.45, 2.75) is 20.4 Å². The van der Waals surface area contributed by atoms with Crippen LogP contribution < -0.4 is 15.4 Å². The maximum Gasteiger partial charge on any atom is 0.252 e. The normalized spacial score (nSPS) is 10.4. The minimum Gasteiger partial charge on any atom is -0.496 e. The van der Waals surface area contributed by atoms with Crippen LogP contribution in [0, 0.1) is 5.92 Å². The number of anilines is 1. The van der Waals surface area contributed by atoms with Gasteiger partial charge >= 0.3 is 0 Å². The lowest BCUT2D eigenvalue weighted by Gasteiger charge is -2.10. The van der Waals surface area contributed by atoms with Crippen LogP contribution in [0.25, 0.3) is 0 Å². The van der Waals surface area contributed by atoms with E-state index < -0.39 is 0 Å². The number of nitrogens with one attached hydrogen (secondary N) is 2. The van der Waals surface area contributed by atoms with E-state index in [1.807, 2.05) is 24.3 Å². The van der Waals surface area contributed by atoms with Gasteiger partial charge in [-0.25, -0.2) is 4.98 Å². The molecule has 0 bridgehead atoms. The SMILES string of the molecule is COc1ccccc1CNc1ccc(C(=O)NCC(C)C)cn1. The molecule has 0 spiro atoms. The summed E-state index contributed by atoms with van der Waals surface area (Å²) in [6.45, 7) is 5.38. The average Bonchev–Trinajstić information content (AvgIpc) is 2.58. The Kier molecular flexibility index (Phi) is 5.97. The van der Waals surface area contributed by atoms with Gasteiger partial charge in [0.25, 0.3) is 5.91 Å². The molecule has 0 unspecified atom stereocenters. The van der Waals surface area contributed by atoms with Gasteiger partial charge in [0.2, 0.25) is 0 Å². The summed E-state index contributed by atoms with van der Waals surface area (Å²) in [4.78, 5) is 16.2. The van der Waals surface area contributed by atoms with E-state index >= 15 is 0 Å². The lowest BCUT2D eigenvalue weighted by atomic mass is 10.2. The fourth-order valence-corrected chi connectivity index (χ4v) is 2.07.